The highest BCUT2D eigenvalue weighted by atomic mass is 79.9. The van der Waals surface area contributed by atoms with Gasteiger partial charge in [-0.05, 0) is 24.3 Å². The molecule has 4 heteroatoms. The maximum absolute atomic E-state index is 12.4. The minimum Gasteiger partial charge on any atom is -0.491 e. The molecule has 1 atom stereocenters. The number of aliphatic hydroxyl groups is 1. The van der Waals surface area contributed by atoms with Crippen LogP contribution in [-0.2, 0) is 0 Å². The lowest BCUT2D eigenvalue weighted by molar-refractivity contribution is 0.127. The van der Waals surface area contributed by atoms with Gasteiger partial charge >= 0.3 is 0 Å². The molecule has 0 unspecified atom stereocenters. The maximum Gasteiger partial charge on any atom is 0.123 e. The van der Waals surface area contributed by atoms with Crippen molar-refractivity contribution in [2.24, 2.45) is 0 Å². The molecule has 72 valence electrons. The summed E-state index contributed by atoms with van der Waals surface area (Å²) in [6.45, 7) is 0.205. The largest absolute Gasteiger partial charge is 0.491 e. The Hall–Kier alpha value is -0.610. The van der Waals surface area contributed by atoms with Crippen LogP contribution in [-0.4, -0.2) is 23.1 Å². The van der Waals surface area contributed by atoms with Gasteiger partial charge in [0, 0.05) is 5.33 Å². The van der Waals surface area contributed by atoms with E-state index in [2.05, 4.69) is 15.9 Å². The first-order valence-corrected chi connectivity index (χ1v) is 4.97. The zero-order chi connectivity index (χ0) is 9.68. The van der Waals surface area contributed by atoms with Gasteiger partial charge in [-0.1, -0.05) is 15.9 Å². The van der Waals surface area contributed by atoms with Gasteiger partial charge in [-0.25, -0.2) is 4.39 Å². The second-order valence-corrected chi connectivity index (χ2v) is 3.22. The molecule has 0 heterocycles. The van der Waals surface area contributed by atoms with Crippen LogP contribution in [0, 0.1) is 5.82 Å². The predicted molar refractivity (Wildman–Crippen MR) is 51.7 cm³/mol. The lowest BCUT2D eigenvalue weighted by Crippen LogP contribution is -2.18. The van der Waals surface area contributed by atoms with Crippen molar-refractivity contribution in [1.82, 2.24) is 0 Å². The van der Waals surface area contributed by atoms with Crippen molar-refractivity contribution >= 4 is 15.9 Å². The lowest BCUT2D eigenvalue weighted by atomic mass is 10.3. The highest BCUT2D eigenvalue weighted by molar-refractivity contribution is 9.09. The van der Waals surface area contributed by atoms with Crippen molar-refractivity contribution in [1.29, 1.82) is 0 Å². The van der Waals surface area contributed by atoms with E-state index in [4.69, 9.17) is 9.84 Å². The van der Waals surface area contributed by atoms with Gasteiger partial charge in [-0.2, -0.15) is 0 Å². The van der Waals surface area contributed by atoms with E-state index in [0.717, 1.165) is 0 Å². The standard InChI is InChI=1S/C9H10BrFO2/c10-5-8(12)6-13-9-3-1-7(11)2-4-9/h1-4,8,12H,5-6H2/t8-/m0/s1. The van der Waals surface area contributed by atoms with E-state index in [-0.39, 0.29) is 12.4 Å². The summed E-state index contributed by atoms with van der Waals surface area (Å²) in [5.74, 6) is 0.259. The first kappa shape index (κ1) is 10.5. The molecule has 0 aliphatic carbocycles. The molecule has 0 aliphatic rings. The third-order valence-electron chi connectivity index (χ3n) is 1.43. The fraction of sp³-hybridized carbons (Fsp3) is 0.333. The Labute approximate surface area is 84.5 Å². The Kier molecular flexibility index (Phi) is 4.18. The van der Waals surface area contributed by atoms with Gasteiger partial charge in [0.25, 0.3) is 0 Å². The Balaban J connectivity index is 2.41. The number of halogens is 2. The van der Waals surface area contributed by atoms with Gasteiger partial charge in [-0.15, -0.1) is 0 Å². The fourth-order valence-electron chi connectivity index (χ4n) is 0.768. The molecule has 1 aromatic rings. The Morgan fingerprint density at radius 3 is 2.54 bits per heavy atom. The maximum atomic E-state index is 12.4. The van der Waals surface area contributed by atoms with Gasteiger partial charge < -0.3 is 9.84 Å². The zero-order valence-corrected chi connectivity index (χ0v) is 8.50. The molecule has 0 saturated heterocycles. The van der Waals surface area contributed by atoms with Crippen LogP contribution in [0.25, 0.3) is 0 Å². The van der Waals surface area contributed by atoms with E-state index >= 15 is 0 Å². The summed E-state index contributed by atoms with van der Waals surface area (Å²) in [7, 11) is 0. The van der Waals surface area contributed by atoms with Crippen LogP contribution in [0.1, 0.15) is 0 Å². The van der Waals surface area contributed by atoms with Crippen molar-refractivity contribution in [2.45, 2.75) is 6.10 Å². The molecule has 2 nitrogen and oxygen atoms in total. The number of ether oxygens (including phenoxy) is 1. The van der Waals surface area contributed by atoms with Crippen molar-refractivity contribution in [3.63, 3.8) is 0 Å². The average molecular weight is 249 g/mol. The van der Waals surface area contributed by atoms with Crippen LogP contribution >= 0.6 is 15.9 Å². The summed E-state index contributed by atoms with van der Waals surface area (Å²) < 4.78 is 17.6. The van der Waals surface area contributed by atoms with Gasteiger partial charge in [0.1, 0.15) is 18.2 Å². The second kappa shape index (κ2) is 5.19. The van der Waals surface area contributed by atoms with Gasteiger partial charge in [-0.3, -0.25) is 0 Å². The normalized spacial score (nSPS) is 12.5. The summed E-state index contributed by atoms with van der Waals surface area (Å²) in [5.41, 5.74) is 0. The van der Waals surface area contributed by atoms with Crippen molar-refractivity contribution in [2.75, 3.05) is 11.9 Å². The molecule has 0 radical (unpaired) electrons. The first-order valence-electron chi connectivity index (χ1n) is 3.85. The molecule has 1 N–H and O–H groups in total. The monoisotopic (exact) mass is 248 g/mol. The van der Waals surface area contributed by atoms with Crippen molar-refractivity contribution in [3.8, 4) is 5.75 Å². The zero-order valence-electron chi connectivity index (χ0n) is 6.91. The minimum atomic E-state index is -0.537. The van der Waals surface area contributed by atoms with Crippen LogP contribution < -0.4 is 4.74 Å². The van der Waals surface area contributed by atoms with Crippen LogP contribution in [0.2, 0.25) is 0 Å². The number of rotatable bonds is 4. The molecule has 13 heavy (non-hydrogen) atoms. The smallest absolute Gasteiger partial charge is 0.123 e. The van der Waals surface area contributed by atoms with Crippen molar-refractivity contribution < 1.29 is 14.2 Å². The molecule has 0 aliphatic heterocycles. The van der Waals surface area contributed by atoms with Crippen LogP contribution in [0.15, 0.2) is 24.3 Å². The average Bonchev–Trinajstić information content (AvgIpc) is 2.16. The second-order valence-electron chi connectivity index (χ2n) is 2.57. The van der Waals surface area contributed by atoms with E-state index in [0.29, 0.717) is 11.1 Å². The van der Waals surface area contributed by atoms with Crippen LogP contribution in [0.5, 0.6) is 5.75 Å². The molecule has 1 aromatic carbocycles. The molecule has 0 fully saturated rings. The minimum absolute atomic E-state index is 0.205. The molecular formula is C9H10BrFO2. The molecule has 0 spiro atoms. The van der Waals surface area contributed by atoms with E-state index < -0.39 is 6.10 Å². The molecular weight excluding hydrogens is 239 g/mol. The highest BCUT2D eigenvalue weighted by Gasteiger charge is 2.02. The fourth-order valence-corrected chi connectivity index (χ4v) is 0.955. The molecule has 0 bridgehead atoms. The molecule has 0 aromatic heterocycles. The molecule has 0 saturated carbocycles. The number of hydrogen-bond acceptors (Lipinski definition) is 2. The molecule has 0 amide bonds. The quantitative estimate of drug-likeness (QED) is 0.826. The number of hydrogen-bond donors (Lipinski definition) is 1. The van der Waals surface area contributed by atoms with Crippen LogP contribution in [0.4, 0.5) is 4.39 Å². The topological polar surface area (TPSA) is 29.5 Å². The first-order chi connectivity index (χ1) is 6.22. The number of alkyl halides is 1. The van der Waals surface area contributed by atoms with Crippen molar-refractivity contribution in [3.05, 3.63) is 30.1 Å². The van der Waals surface area contributed by atoms with Gasteiger partial charge in [0.2, 0.25) is 0 Å². The summed E-state index contributed by atoms with van der Waals surface area (Å²) in [4.78, 5) is 0. The Bertz CT molecular complexity index is 250. The third kappa shape index (κ3) is 3.74. The van der Waals surface area contributed by atoms with E-state index in [1.807, 2.05) is 0 Å². The third-order valence-corrected chi connectivity index (χ3v) is 2.18. The summed E-state index contributed by atoms with van der Waals surface area (Å²) in [6, 6.07) is 5.68. The summed E-state index contributed by atoms with van der Waals surface area (Å²) in [6.07, 6.45) is -0.537. The van der Waals surface area contributed by atoms with E-state index in [1.54, 1.807) is 0 Å². The Morgan fingerprint density at radius 2 is 2.00 bits per heavy atom. The number of aliphatic hydroxyl groups excluding tert-OH is 1. The molecule has 1 rings (SSSR count). The highest BCUT2D eigenvalue weighted by Crippen LogP contribution is 2.11. The van der Waals surface area contributed by atoms with Gasteiger partial charge in [0.15, 0.2) is 0 Å². The number of benzene rings is 1. The van der Waals surface area contributed by atoms with E-state index in [9.17, 15) is 4.39 Å². The predicted octanol–water partition coefficient (Wildman–Crippen LogP) is 1.96. The van der Waals surface area contributed by atoms with E-state index in [1.165, 1.54) is 24.3 Å². The van der Waals surface area contributed by atoms with Crippen LogP contribution in [0.3, 0.4) is 0 Å². The SMILES string of the molecule is O[C@@H](CBr)COc1ccc(F)cc1. The Morgan fingerprint density at radius 1 is 1.38 bits per heavy atom. The lowest BCUT2D eigenvalue weighted by Gasteiger charge is -2.09. The summed E-state index contributed by atoms with van der Waals surface area (Å²) in [5, 5.41) is 9.59. The summed E-state index contributed by atoms with van der Waals surface area (Å²) >= 11 is 3.11. The van der Waals surface area contributed by atoms with Gasteiger partial charge in [0.05, 0.1) is 6.10 Å².